The Balaban J connectivity index is 1.81. The van der Waals surface area contributed by atoms with Crippen molar-refractivity contribution in [2.75, 3.05) is 12.0 Å². The van der Waals surface area contributed by atoms with E-state index in [9.17, 15) is 4.79 Å². The maximum Gasteiger partial charge on any atom is 0.280 e. The summed E-state index contributed by atoms with van der Waals surface area (Å²) in [6.07, 6.45) is 0. The van der Waals surface area contributed by atoms with Gasteiger partial charge < -0.3 is 4.74 Å². The lowest BCUT2D eigenvalue weighted by molar-refractivity contribution is 0.0979. The van der Waals surface area contributed by atoms with Gasteiger partial charge in [-0.25, -0.2) is 4.98 Å². The highest BCUT2D eigenvalue weighted by molar-refractivity contribution is 7.23. The zero-order valence-electron chi connectivity index (χ0n) is 16.9. The molecule has 4 aromatic rings. The van der Waals surface area contributed by atoms with E-state index in [2.05, 4.69) is 5.10 Å². The molecule has 0 N–H and O–H groups in total. The fraction of sp³-hybridized carbons (Fsp3) is 0.227. The molecule has 0 radical (unpaired) electrons. The number of benzene rings is 2. The molecular formula is C22H21ClN4O2S. The fourth-order valence-corrected chi connectivity index (χ4v) is 4.54. The lowest BCUT2D eigenvalue weighted by Crippen LogP contribution is -2.30. The van der Waals surface area contributed by atoms with Gasteiger partial charge in [-0.15, -0.1) is 0 Å². The van der Waals surface area contributed by atoms with E-state index in [0.717, 1.165) is 16.0 Å². The Labute approximate surface area is 183 Å². The average molecular weight is 441 g/mol. The number of fused-ring (bicyclic) bond motifs is 1. The number of aromatic nitrogens is 3. The number of thiazole rings is 1. The second-order valence-electron chi connectivity index (χ2n) is 6.79. The average Bonchev–Trinajstić information content (AvgIpc) is 3.37. The van der Waals surface area contributed by atoms with Crippen LogP contribution < -0.4 is 9.64 Å². The number of nitrogens with zero attached hydrogens (tertiary/aromatic N) is 4. The molecule has 4 rings (SSSR count). The molecule has 0 aliphatic carbocycles. The number of halogens is 1. The van der Waals surface area contributed by atoms with Crippen molar-refractivity contribution in [3.05, 3.63) is 70.5 Å². The molecule has 2 aromatic heterocycles. The smallest absolute Gasteiger partial charge is 0.280 e. The number of amides is 1. The molecule has 0 fully saturated rings. The number of hydrogen-bond acceptors (Lipinski definition) is 5. The zero-order valence-corrected chi connectivity index (χ0v) is 18.5. The Bertz CT molecular complexity index is 1200. The molecule has 0 aliphatic heterocycles. The van der Waals surface area contributed by atoms with E-state index in [4.69, 9.17) is 21.3 Å². The first-order valence-electron chi connectivity index (χ1n) is 9.55. The van der Waals surface area contributed by atoms with Crippen LogP contribution in [0.2, 0.25) is 5.02 Å². The molecule has 154 valence electrons. The van der Waals surface area contributed by atoms with Crippen LogP contribution in [0.25, 0.3) is 10.2 Å². The SMILES string of the molecule is CCn1nc(C(=O)N(Cc2ccccc2)c2nc3c(OC)ccc(Cl)c3s2)cc1C. The minimum atomic E-state index is -0.205. The lowest BCUT2D eigenvalue weighted by Gasteiger charge is -2.19. The Morgan fingerprint density at radius 1 is 1.23 bits per heavy atom. The van der Waals surface area contributed by atoms with Gasteiger partial charge in [0.1, 0.15) is 11.3 Å². The van der Waals surface area contributed by atoms with E-state index in [1.807, 2.05) is 54.9 Å². The molecular weight excluding hydrogens is 420 g/mol. The molecule has 2 heterocycles. The van der Waals surface area contributed by atoms with Gasteiger partial charge in [-0.3, -0.25) is 14.4 Å². The van der Waals surface area contributed by atoms with E-state index in [-0.39, 0.29) is 5.91 Å². The molecule has 0 bridgehead atoms. The van der Waals surface area contributed by atoms with Crippen molar-refractivity contribution in [3.63, 3.8) is 0 Å². The fourth-order valence-electron chi connectivity index (χ4n) is 3.29. The van der Waals surface area contributed by atoms with Gasteiger partial charge in [-0.2, -0.15) is 5.10 Å². The Morgan fingerprint density at radius 2 is 2.00 bits per heavy atom. The maximum atomic E-state index is 13.5. The lowest BCUT2D eigenvalue weighted by atomic mass is 10.2. The number of ether oxygens (including phenoxy) is 1. The number of carbonyl (C=O) groups excluding carboxylic acids is 1. The van der Waals surface area contributed by atoms with Crippen LogP contribution in [0, 0.1) is 6.92 Å². The van der Waals surface area contributed by atoms with E-state index in [1.165, 1.54) is 11.3 Å². The summed E-state index contributed by atoms with van der Waals surface area (Å²) in [5.74, 6) is 0.415. The number of methoxy groups -OCH3 is 1. The third-order valence-electron chi connectivity index (χ3n) is 4.83. The number of hydrogen-bond donors (Lipinski definition) is 0. The molecule has 0 spiro atoms. The van der Waals surface area contributed by atoms with Crippen molar-refractivity contribution in [1.82, 2.24) is 14.8 Å². The quantitative estimate of drug-likeness (QED) is 0.406. The van der Waals surface area contributed by atoms with Crippen LogP contribution in [-0.2, 0) is 13.1 Å². The summed E-state index contributed by atoms with van der Waals surface area (Å²) in [6, 6.07) is 15.2. The number of aryl methyl sites for hydroxylation is 2. The van der Waals surface area contributed by atoms with Crippen LogP contribution in [-0.4, -0.2) is 27.8 Å². The second kappa shape index (κ2) is 8.45. The summed E-state index contributed by atoms with van der Waals surface area (Å²) in [6.45, 7) is 5.01. The van der Waals surface area contributed by atoms with Crippen molar-refractivity contribution >= 4 is 44.2 Å². The van der Waals surface area contributed by atoms with Crippen LogP contribution >= 0.6 is 22.9 Å². The third-order valence-corrected chi connectivity index (χ3v) is 6.37. The van der Waals surface area contributed by atoms with Gasteiger partial charge in [0.2, 0.25) is 0 Å². The van der Waals surface area contributed by atoms with E-state index in [0.29, 0.717) is 40.2 Å². The predicted molar refractivity (Wildman–Crippen MR) is 121 cm³/mol. The highest BCUT2D eigenvalue weighted by atomic mass is 35.5. The van der Waals surface area contributed by atoms with Crippen LogP contribution in [0.3, 0.4) is 0 Å². The van der Waals surface area contributed by atoms with Gasteiger partial charge in [0.05, 0.1) is 23.4 Å². The van der Waals surface area contributed by atoms with Crippen molar-refractivity contribution < 1.29 is 9.53 Å². The predicted octanol–water partition coefficient (Wildman–Crippen LogP) is 5.33. The molecule has 0 saturated heterocycles. The maximum absolute atomic E-state index is 13.5. The summed E-state index contributed by atoms with van der Waals surface area (Å²) >= 11 is 7.77. The van der Waals surface area contributed by atoms with E-state index in [1.54, 1.807) is 24.1 Å². The first-order chi connectivity index (χ1) is 14.5. The highest BCUT2D eigenvalue weighted by Gasteiger charge is 2.25. The molecule has 8 heteroatoms. The number of anilines is 1. The van der Waals surface area contributed by atoms with E-state index >= 15 is 0 Å². The van der Waals surface area contributed by atoms with E-state index < -0.39 is 0 Å². The van der Waals surface area contributed by atoms with Crippen molar-refractivity contribution in [2.24, 2.45) is 0 Å². The Hall–Kier alpha value is -2.90. The number of rotatable bonds is 6. The number of carbonyl (C=O) groups is 1. The first-order valence-corrected chi connectivity index (χ1v) is 10.7. The normalized spacial score (nSPS) is 11.1. The summed E-state index contributed by atoms with van der Waals surface area (Å²) in [5.41, 5.74) is 2.97. The van der Waals surface area contributed by atoms with Crippen LogP contribution in [0.1, 0.15) is 28.7 Å². The summed E-state index contributed by atoms with van der Waals surface area (Å²) < 4.78 is 8.04. The van der Waals surface area contributed by atoms with Gasteiger partial charge in [0.25, 0.3) is 5.91 Å². The van der Waals surface area contributed by atoms with Crippen molar-refractivity contribution in [2.45, 2.75) is 26.9 Å². The van der Waals surface area contributed by atoms with Gasteiger partial charge in [-0.1, -0.05) is 53.3 Å². The van der Waals surface area contributed by atoms with Crippen molar-refractivity contribution in [1.29, 1.82) is 0 Å². The largest absolute Gasteiger partial charge is 0.494 e. The summed E-state index contributed by atoms with van der Waals surface area (Å²) in [4.78, 5) is 19.9. The molecule has 30 heavy (non-hydrogen) atoms. The molecule has 0 unspecified atom stereocenters. The summed E-state index contributed by atoms with van der Waals surface area (Å²) in [5, 5.41) is 5.60. The summed E-state index contributed by atoms with van der Waals surface area (Å²) in [7, 11) is 1.59. The standard InChI is InChI=1S/C22H21ClN4O2S/c1-4-27-14(2)12-17(25-27)21(28)26(13-15-8-6-5-7-9-15)22-24-19-18(29-3)11-10-16(23)20(19)30-22/h5-12H,4,13H2,1-3H3. The van der Waals surface area contributed by atoms with Gasteiger partial charge in [0, 0.05) is 12.2 Å². The zero-order chi connectivity index (χ0) is 21.3. The molecule has 1 amide bonds. The van der Waals surface area contributed by atoms with Gasteiger partial charge in [0.15, 0.2) is 10.8 Å². The minimum absolute atomic E-state index is 0.205. The topological polar surface area (TPSA) is 60.2 Å². The first kappa shape index (κ1) is 20.4. The Kier molecular flexibility index (Phi) is 5.74. The molecule has 2 aromatic carbocycles. The molecule has 0 aliphatic rings. The molecule has 0 saturated carbocycles. The van der Waals surface area contributed by atoms with Gasteiger partial charge >= 0.3 is 0 Å². The van der Waals surface area contributed by atoms with Gasteiger partial charge in [-0.05, 0) is 37.6 Å². The Morgan fingerprint density at radius 3 is 2.67 bits per heavy atom. The van der Waals surface area contributed by atoms with Crippen LogP contribution in [0.15, 0.2) is 48.5 Å². The minimum Gasteiger partial charge on any atom is -0.494 e. The van der Waals surface area contributed by atoms with Crippen LogP contribution in [0.5, 0.6) is 5.75 Å². The molecule has 6 nitrogen and oxygen atoms in total. The molecule has 0 atom stereocenters. The third kappa shape index (κ3) is 3.78. The highest BCUT2D eigenvalue weighted by Crippen LogP contribution is 2.39. The monoisotopic (exact) mass is 440 g/mol. The van der Waals surface area contributed by atoms with Crippen molar-refractivity contribution in [3.8, 4) is 5.75 Å². The second-order valence-corrected chi connectivity index (χ2v) is 8.17. The van der Waals surface area contributed by atoms with Crippen LogP contribution in [0.4, 0.5) is 5.13 Å².